The van der Waals surface area contributed by atoms with Crippen LogP contribution in [0.5, 0.6) is 0 Å². The van der Waals surface area contributed by atoms with Crippen molar-refractivity contribution < 1.29 is 9.23 Å². The van der Waals surface area contributed by atoms with Crippen molar-refractivity contribution in [2.24, 2.45) is 4.99 Å². The summed E-state index contributed by atoms with van der Waals surface area (Å²) in [5, 5.41) is 17.6. The summed E-state index contributed by atoms with van der Waals surface area (Å²) in [6.45, 7) is 0.489. The molecule has 0 bridgehead atoms. The van der Waals surface area contributed by atoms with Gasteiger partial charge in [-0.2, -0.15) is 5.06 Å². The highest BCUT2D eigenvalue weighted by molar-refractivity contribution is 6.09. The highest BCUT2D eigenvalue weighted by Gasteiger charge is 2.47. The topological polar surface area (TPSA) is 88.9 Å². The SMILES string of the molecule is CN1O/C(=C(/NCc2ccc(-c3cc(F)ccn3)cc2)Nc2ccccc2)C(=N)N2C1=N[C@@H]1CCC[C@@H]12. The number of hydrogen-bond acceptors (Lipinski definition) is 7. The van der Waals surface area contributed by atoms with Crippen LogP contribution in [0.2, 0.25) is 0 Å². The minimum absolute atomic E-state index is 0.200. The number of rotatable bonds is 6. The Morgan fingerprint density at radius 3 is 2.70 bits per heavy atom. The van der Waals surface area contributed by atoms with E-state index in [-0.39, 0.29) is 17.9 Å². The molecule has 2 aromatic carbocycles. The standard InChI is InChI=1S/C28H28FN7O/c1-35-28-34-22-8-5-9-24(22)36(28)26(30)25(37-35)27(33-21-6-3-2-4-7-21)32-17-18-10-12-19(13-11-18)23-16-20(29)14-15-31-23/h2-4,6-7,10-16,22,24,30,32-33H,5,8-9,17H2,1H3/b27-25-,30-26?/t22-,24+/m1/s1. The van der Waals surface area contributed by atoms with Crippen molar-refractivity contribution in [3.8, 4) is 11.3 Å². The molecule has 1 saturated heterocycles. The lowest BCUT2D eigenvalue weighted by Gasteiger charge is -2.38. The number of aliphatic imine (C=N–C) groups is 1. The molecule has 9 heteroatoms. The molecular formula is C28H28FN7O. The van der Waals surface area contributed by atoms with E-state index in [2.05, 4.69) is 15.6 Å². The first-order valence-electron chi connectivity index (χ1n) is 12.5. The minimum Gasteiger partial charge on any atom is -0.369 e. The Labute approximate surface area is 215 Å². The number of nitrogens with zero attached hydrogens (tertiary/aromatic N) is 4. The third kappa shape index (κ3) is 4.48. The molecule has 2 fully saturated rings. The van der Waals surface area contributed by atoms with Crippen LogP contribution < -0.4 is 10.6 Å². The van der Waals surface area contributed by atoms with Gasteiger partial charge in [0.05, 0.1) is 17.8 Å². The second kappa shape index (κ2) is 9.57. The monoisotopic (exact) mass is 497 g/mol. The highest BCUT2D eigenvalue weighted by atomic mass is 19.1. The minimum atomic E-state index is -0.311. The predicted molar refractivity (Wildman–Crippen MR) is 141 cm³/mol. The van der Waals surface area contributed by atoms with Crippen molar-refractivity contribution in [1.82, 2.24) is 20.3 Å². The first kappa shape index (κ1) is 23.0. The third-order valence-electron chi connectivity index (χ3n) is 6.95. The van der Waals surface area contributed by atoms with E-state index in [0.717, 1.165) is 36.1 Å². The Kier molecular flexibility index (Phi) is 5.96. The van der Waals surface area contributed by atoms with E-state index < -0.39 is 0 Å². The number of fused-ring (bicyclic) bond motifs is 3. The van der Waals surface area contributed by atoms with Crippen LogP contribution >= 0.6 is 0 Å². The van der Waals surface area contributed by atoms with E-state index >= 15 is 0 Å². The van der Waals surface area contributed by atoms with Crippen molar-refractivity contribution in [2.45, 2.75) is 37.9 Å². The number of para-hydroxylation sites is 1. The summed E-state index contributed by atoms with van der Waals surface area (Å²) >= 11 is 0. The summed E-state index contributed by atoms with van der Waals surface area (Å²) in [5.74, 6) is 1.70. The average Bonchev–Trinajstić information content (AvgIpc) is 3.52. The lowest BCUT2D eigenvalue weighted by molar-refractivity contribution is -0.0415. The Hall–Kier alpha value is -4.40. The van der Waals surface area contributed by atoms with Gasteiger partial charge >= 0.3 is 0 Å². The summed E-state index contributed by atoms with van der Waals surface area (Å²) in [4.78, 5) is 17.2. The Morgan fingerprint density at radius 1 is 1.11 bits per heavy atom. The lowest BCUT2D eigenvalue weighted by atomic mass is 10.1. The van der Waals surface area contributed by atoms with Crippen LogP contribution in [-0.4, -0.2) is 45.9 Å². The van der Waals surface area contributed by atoms with Crippen molar-refractivity contribution in [1.29, 1.82) is 5.41 Å². The van der Waals surface area contributed by atoms with Gasteiger partial charge in [-0.1, -0.05) is 42.5 Å². The van der Waals surface area contributed by atoms with Crippen LogP contribution in [-0.2, 0) is 11.4 Å². The Morgan fingerprint density at radius 2 is 1.92 bits per heavy atom. The summed E-state index contributed by atoms with van der Waals surface area (Å²) in [5.41, 5.74) is 3.33. The number of nitrogens with one attached hydrogen (secondary N) is 3. The van der Waals surface area contributed by atoms with E-state index in [1.165, 1.54) is 18.3 Å². The van der Waals surface area contributed by atoms with E-state index in [9.17, 15) is 4.39 Å². The molecule has 2 atom stereocenters. The smallest absolute Gasteiger partial charge is 0.237 e. The molecule has 3 aromatic rings. The first-order chi connectivity index (χ1) is 18.1. The molecule has 0 unspecified atom stereocenters. The molecule has 37 heavy (non-hydrogen) atoms. The maximum absolute atomic E-state index is 13.6. The number of aromatic nitrogens is 1. The summed E-state index contributed by atoms with van der Waals surface area (Å²) in [6.07, 6.45) is 4.64. The molecule has 188 valence electrons. The van der Waals surface area contributed by atoms with Crippen molar-refractivity contribution in [3.05, 3.63) is 95.9 Å². The molecule has 1 aliphatic carbocycles. The molecule has 2 aliphatic heterocycles. The van der Waals surface area contributed by atoms with Gasteiger partial charge in [-0.3, -0.25) is 15.3 Å². The number of guanidine groups is 1. The molecule has 3 aliphatic rings. The zero-order valence-corrected chi connectivity index (χ0v) is 20.5. The first-order valence-corrected chi connectivity index (χ1v) is 12.5. The van der Waals surface area contributed by atoms with E-state index in [0.29, 0.717) is 35.6 Å². The van der Waals surface area contributed by atoms with Crippen LogP contribution in [0.25, 0.3) is 11.3 Å². The fourth-order valence-electron chi connectivity index (χ4n) is 5.12. The van der Waals surface area contributed by atoms with Crippen molar-refractivity contribution in [2.75, 3.05) is 12.4 Å². The maximum atomic E-state index is 13.6. The molecule has 0 amide bonds. The number of hydroxylamine groups is 2. The Bertz CT molecular complexity index is 1370. The third-order valence-corrected chi connectivity index (χ3v) is 6.95. The number of benzene rings is 2. The van der Waals surface area contributed by atoms with Gasteiger partial charge in [0.1, 0.15) is 5.82 Å². The van der Waals surface area contributed by atoms with Crippen LogP contribution in [0.15, 0.2) is 89.5 Å². The highest BCUT2D eigenvalue weighted by Crippen LogP contribution is 2.36. The van der Waals surface area contributed by atoms with Gasteiger partial charge in [-0.15, -0.1) is 0 Å². The summed E-state index contributed by atoms with van der Waals surface area (Å²) in [6, 6.07) is 20.8. The molecule has 3 heterocycles. The van der Waals surface area contributed by atoms with Crippen LogP contribution in [0.4, 0.5) is 10.1 Å². The average molecular weight is 498 g/mol. The molecule has 0 radical (unpaired) electrons. The second-order valence-electron chi connectivity index (χ2n) is 9.41. The number of hydrogen-bond donors (Lipinski definition) is 3. The number of halogens is 1. The predicted octanol–water partition coefficient (Wildman–Crippen LogP) is 4.71. The van der Waals surface area contributed by atoms with E-state index in [1.807, 2.05) is 66.5 Å². The van der Waals surface area contributed by atoms with Crippen molar-refractivity contribution >= 4 is 17.5 Å². The zero-order chi connectivity index (χ0) is 25.4. The number of anilines is 1. The van der Waals surface area contributed by atoms with Gasteiger partial charge in [0.2, 0.25) is 11.7 Å². The molecule has 8 nitrogen and oxygen atoms in total. The zero-order valence-electron chi connectivity index (χ0n) is 20.5. The summed E-state index contributed by atoms with van der Waals surface area (Å²) < 4.78 is 13.6. The molecule has 3 N–H and O–H groups in total. The van der Waals surface area contributed by atoms with Crippen LogP contribution in [0.3, 0.4) is 0 Å². The van der Waals surface area contributed by atoms with Gasteiger partial charge in [-0.25, -0.2) is 9.38 Å². The van der Waals surface area contributed by atoms with Gasteiger partial charge in [-0.05, 0) is 43.0 Å². The second-order valence-corrected chi connectivity index (χ2v) is 9.41. The van der Waals surface area contributed by atoms with Crippen LogP contribution in [0, 0.1) is 11.2 Å². The molecule has 6 rings (SSSR count). The summed E-state index contributed by atoms with van der Waals surface area (Å²) in [7, 11) is 1.83. The van der Waals surface area contributed by atoms with Crippen molar-refractivity contribution in [3.63, 3.8) is 0 Å². The van der Waals surface area contributed by atoms with Crippen LogP contribution in [0.1, 0.15) is 24.8 Å². The fraction of sp³-hybridized carbons (Fsp3) is 0.250. The van der Waals surface area contributed by atoms with Gasteiger partial charge in [0, 0.05) is 37.1 Å². The quantitative estimate of drug-likeness (QED) is 0.457. The maximum Gasteiger partial charge on any atom is 0.237 e. The fourth-order valence-corrected chi connectivity index (χ4v) is 5.12. The lowest BCUT2D eigenvalue weighted by Crippen LogP contribution is -2.54. The van der Waals surface area contributed by atoms with E-state index in [4.69, 9.17) is 15.2 Å². The van der Waals surface area contributed by atoms with Gasteiger partial charge in [0.15, 0.2) is 11.7 Å². The van der Waals surface area contributed by atoms with E-state index in [1.54, 1.807) is 5.06 Å². The largest absolute Gasteiger partial charge is 0.369 e. The number of pyridine rings is 1. The Balaban J connectivity index is 1.27. The van der Waals surface area contributed by atoms with Gasteiger partial charge in [0.25, 0.3) is 0 Å². The molecule has 0 spiro atoms. The normalized spacial score (nSPS) is 21.7. The van der Waals surface area contributed by atoms with Gasteiger partial charge < -0.3 is 15.5 Å². The molecule has 1 aromatic heterocycles. The number of amidine groups is 1. The molecule has 1 saturated carbocycles. The molecular weight excluding hydrogens is 469 g/mol.